The number of nitrogens with one attached hydrogen (secondary N) is 2. The smallest absolute Gasteiger partial charge is 0.340 e. The Labute approximate surface area is 220 Å². The Kier molecular flexibility index (Phi) is 6.56. The Morgan fingerprint density at radius 3 is 2.24 bits per heavy atom. The number of alkyl halides is 3. The number of likely N-dealkylation sites (tertiary alicyclic amines) is 2. The predicted octanol–water partition coefficient (Wildman–Crippen LogP) is 1.97. The van der Waals surface area contributed by atoms with Crippen molar-refractivity contribution in [1.82, 2.24) is 20.4 Å². The van der Waals surface area contributed by atoms with Gasteiger partial charge in [-0.25, -0.2) is 0 Å². The van der Waals surface area contributed by atoms with Crippen LogP contribution in [0.2, 0.25) is 0 Å². The fourth-order valence-corrected chi connectivity index (χ4v) is 6.58. The molecule has 210 valence electrons. The summed E-state index contributed by atoms with van der Waals surface area (Å²) in [5, 5.41) is 14.3. The van der Waals surface area contributed by atoms with Crippen LogP contribution in [0.25, 0.3) is 0 Å². The van der Waals surface area contributed by atoms with Crippen LogP contribution >= 0.6 is 0 Å². The molecule has 4 aliphatic rings. The van der Waals surface area contributed by atoms with Crippen molar-refractivity contribution in [3.63, 3.8) is 0 Å². The van der Waals surface area contributed by atoms with Crippen LogP contribution in [0.3, 0.4) is 0 Å². The molecule has 0 radical (unpaired) electrons. The maximum Gasteiger partial charge on any atom is 0.471 e. The lowest BCUT2D eigenvalue weighted by atomic mass is 9.85. The number of hydrogen-bond acceptors (Lipinski definition) is 5. The molecule has 2 N–H and O–H groups in total. The first-order chi connectivity index (χ1) is 17.3. The molecule has 2 saturated carbocycles. The van der Waals surface area contributed by atoms with Gasteiger partial charge in [-0.1, -0.05) is 34.6 Å². The topological polar surface area (TPSA) is 123 Å². The second-order valence-corrected chi connectivity index (χ2v) is 13.1. The van der Waals surface area contributed by atoms with Crippen LogP contribution in [0, 0.1) is 39.9 Å². The average molecular weight is 540 g/mol. The molecule has 9 nitrogen and oxygen atoms in total. The van der Waals surface area contributed by atoms with Crippen molar-refractivity contribution in [2.75, 3.05) is 13.6 Å². The first-order valence-corrected chi connectivity index (χ1v) is 13.0. The molecule has 4 fully saturated rings. The molecule has 4 rings (SSSR count). The highest BCUT2D eigenvalue weighted by atomic mass is 19.4. The van der Waals surface area contributed by atoms with E-state index in [1.807, 2.05) is 19.2 Å². The zero-order valence-corrected chi connectivity index (χ0v) is 22.6. The molecule has 2 aliphatic heterocycles. The van der Waals surface area contributed by atoms with Crippen LogP contribution in [0.4, 0.5) is 13.2 Å². The van der Waals surface area contributed by atoms with Crippen LogP contribution in [0.5, 0.6) is 0 Å². The zero-order valence-electron chi connectivity index (χ0n) is 22.6. The molecule has 0 aromatic carbocycles. The largest absolute Gasteiger partial charge is 0.471 e. The number of rotatable bonds is 6. The first-order valence-electron chi connectivity index (χ1n) is 13.0. The summed E-state index contributed by atoms with van der Waals surface area (Å²) >= 11 is 0. The van der Waals surface area contributed by atoms with Gasteiger partial charge in [0.25, 0.3) is 0 Å². The van der Waals surface area contributed by atoms with Crippen molar-refractivity contribution in [3.05, 3.63) is 0 Å². The van der Waals surface area contributed by atoms with Gasteiger partial charge in [-0.3, -0.25) is 19.2 Å². The van der Waals surface area contributed by atoms with Crippen molar-refractivity contribution >= 4 is 23.6 Å². The summed E-state index contributed by atoms with van der Waals surface area (Å²) in [5.74, 6) is -4.28. The lowest BCUT2D eigenvalue weighted by molar-refractivity contribution is -0.176. The van der Waals surface area contributed by atoms with E-state index in [1.165, 1.54) is 25.7 Å². The molecule has 2 aliphatic carbocycles. The highest BCUT2D eigenvalue weighted by molar-refractivity contribution is 5.95. The summed E-state index contributed by atoms with van der Waals surface area (Å²) in [5.41, 5.74) is -1.46. The Bertz CT molecular complexity index is 1090. The van der Waals surface area contributed by atoms with E-state index >= 15 is 0 Å². The highest BCUT2D eigenvalue weighted by Crippen LogP contribution is 2.65. The monoisotopic (exact) mass is 539 g/mol. The van der Waals surface area contributed by atoms with Crippen molar-refractivity contribution in [2.45, 2.75) is 90.1 Å². The zero-order chi connectivity index (χ0) is 28.6. The number of nitrogens with zero attached hydrogens (tertiary/aromatic N) is 3. The van der Waals surface area contributed by atoms with Crippen LogP contribution in [-0.2, 0) is 19.2 Å². The summed E-state index contributed by atoms with van der Waals surface area (Å²) in [6.07, 6.45) is -2.54. The van der Waals surface area contributed by atoms with E-state index in [9.17, 15) is 37.6 Å². The molecule has 4 amide bonds. The second-order valence-electron chi connectivity index (χ2n) is 13.1. The van der Waals surface area contributed by atoms with Gasteiger partial charge in [0.1, 0.15) is 18.1 Å². The quantitative estimate of drug-likeness (QED) is 0.535. The minimum absolute atomic E-state index is 0.0403. The second kappa shape index (κ2) is 8.85. The van der Waals surface area contributed by atoms with Crippen molar-refractivity contribution < 1.29 is 32.3 Å². The van der Waals surface area contributed by atoms with Crippen molar-refractivity contribution in [2.24, 2.45) is 28.6 Å². The minimum atomic E-state index is -5.17. The van der Waals surface area contributed by atoms with E-state index in [1.54, 1.807) is 11.9 Å². The average Bonchev–Trinajstić information content (AvgIpc) is 3.58. The minimum Gasteiger partial charge on any atom is -0.340 e. The van der Waals surface area contributed by atoms with Crippen LogP contribution in [0.1, 0.15) is 60.3 Å². The molecule has 0 bridgehead atoms. The third-order valence-corrected chi connectivity index (χ3v) is 9.24. The van der Waals surface area contributed by atoms with Crippen LogP contribution in [0.15, 0.2) is 0 Å². The Hall–Kier alpha value is -2.84. The van der Waals surface area contributed by atoms with Gasteiger partial charge >= 0.3 is 12.1 Å². The number of piperidine rings is 1. The normalized spacial score (nSPS) is 30.4. The summed E-state index contributed by atoms with van der Waals surface area (Å²) < 4.78 is 39.0. The molecule has 2 saturated heterocycles. The molecule has 38 heavy (non-hydrogen) atoms. The molecule has 0 aromatic rings. The number of hydrogen-bond donors (Lipinski definition) is 2. The number of halogens is 3. The fourth-order valence-electron chi connectivity index (χ4n) is 6.58. The van der Waals surface area contributed by atoms with Gasteiger partial charge in [-0.15, -0.1) is 0 Å². The fraction of sp³-hybridized carbons (Fsp3) is 0.808. The maximum absolute atomic E-state index is 13.6. The van der Waals surface area contributed by atoms with E-state index in [0.717, 1.165) is 12.8 Å². The lowest BCUT2D eigenvalue weighted by Gasteiger charge is -2.37. The van der Waals surface area contributed by atoms with E-state index in [-0.39, 0.29) is 47.6 Å². The van der Waals surface area contributed by atoms with Gasteiger partial charge in [0.2, 0.25) is 17.7 Å². The van der Waals surface area contributed by atoms with E-state index in [4.69, 9.17) is 0 Å². The van der Waals surface area contributed by atoms with E-state index < -0.39 is 47.4 Å². The first kappa shape index (κ1) is 28.2. The van der Waals surface area contributed by atoms with E-state index in [0.29, 0.717) is 6.42 Å². The molecule has 6 atom stereocenters. The highest BCUT2D eigenvalue weighted by Gasteiger charge is 2.70. The molecule has 0 aromatic heterocycles. The Balaban J connectivity index is 1.51. The Morgan fingerprint density at radius 1 is 1.16 bits per heavy atom. The van der Waals surface area contributed by atoms with Crippen molar-refractivity contribution in [1.29, 1.82) is 5.26 Å². The third-order valence-electron chi connectivity index (χ3n) is 9.24. The van der Waals surface area contributed by atoms with Crippen LogP contribution < -0.4 is 10.6 Å². The summed E-state index contributed by atoms with van der Waals surface area (Å²) in [7, 11) is 1.76. The SMILES string of the molecule is CN1C(=O)[C@H](C[C@@H](C#N)NC(=O)[C@@H]2[C@@H]3[C@H](CN2C(=O)[C@@H](NC(=O)C(F)(F)F)C(C)(C)C)C3(C)C)CC12CC2. The van der Waals surface area contributed by atoms with Crippen molar-refractivity contribution in [3.8, 4) is 6.07 Å². The predicted molar refractivity (Wildman–Crippen MR) is 129 cm³/mol. The lowest BCUT2D eigenvalue weighted by Crippen LogP contribution is -2.61. The van der Waals surface area contributed by atoms with Gasteiger partial charge in [0, 0.05) is 25.0 Å². The van der Waals surface area contributed by atoms with Gasteiger partial charge in [0.15, 0.2) is 0 Å². The number of carbonyl (C=O) groups excluding carboxylic acids is 4. The molecule has 12 heteroatoms. The standard InChI is InChI=1S/C26H36F3N5O4/c1-23(2,3)18(32-22(38)26(27,28)29)21(37)34-12-15-16(24(15,4)5)17(34)19(35)31-14(11-30)9-13-10-25(7-8-25)33(6)20(13)36/h13-18H,7-10,12H2,1-6H3,(H,31,35)(H,32,38)/t13-,14+,15+,16+,17+,18-/m1/s1. The van der Waals surface area contributed by atoms with Gasteiger partial charge in [0.05, 0.1) is 6.07 Å². The summed E-state index contributed by atoms with van der Waals surface area (Å²) in [6, 6.07) is -1.41. The molecule has 2 heterocycles. The number of fused-ring (bicyclic) bond motifs is 1. The molecular weight excluding hydrogens is 503 g/mol. The van der Waals surface area contributed by atoms with E-state index in [2.05, 4.69) is 11.4 Å². The number of nitriles is 1. The molecule has 0 unspecified atom stereocenters. The summed E-state index contributed by atoms with van der Waals surface area (Å²) in [4.78, 5) is 54.6. The van der Waals surface area contributed by atoms with Gasteiger partial charge in [-0.05, 0) is 48.3 Å². The number of amides is 4. The molecule has 1 spiro atoms. The Morgan fingerprint density at radius 2 is 1.76 bits per heavy atom. The van der Waals surface area contributed by atoms with Gasteiger partial charge < -0.3 is 20.4 Å². The van der Waals surface area contributed by atoms with Gasteiger partial charge in [-0.2, -0.15) is 18.4 Å². The van der Waals surface area contributed by atoms with Crippen LogP contribution in [-0.4, -0.2) is 76.9 Å². The maximum atomic E-state index is 13.6. The third kappa shape index (κ3) is 4.73. The molecular formula is C26H36F3N5O4. The number of carbonyl (C=O) groups is 4. The summed E-state index contributed by atoms with van der Waals surface area (Å²) in [6.45, 7) is 8.69.